The molecule has 0 aliphatic heterocycles. The molecular formula is C46H27N5O. The maximum atomic E-state index is 6.15. The van der Waals surface area contributed by atoms with Crippen molar-refractivity contribution in [2.24, 2.45) is 0 Å². The zero-order valence-electron chi connectivity index (χ0n) is 27.7. The summed E-state index contributed by atoms with van der Waals surface area (Å²) in [5.74, 6) is 1.63. The summed E-state index contributed by atoms with van der Waals surface area (Å²) in [4.78, 5) is 20.1. The zero-order chi connectivity index (χ0) is 34.2. The minimum absolute atomic E-state index is 0.480. The molecular weight excluding hydrogens is 639 g/mol. The van der Waals surface area contributed by atoms with Crippen LogP contribution in [0.4, 0.5) is 0 Å². The van der Waals surface area contributed by atoms with Gasteiger partial charge in [-0.25, -0.2) is 19.9 Å². The predicted molar refractivity (Wildman–Crippen MR) is 211 cm³/mol. The van der Waals surface area contributed by atoms with E-state index in [-0.39, 0.29) is 0 Å². The van der Waals surface area contributed by atoms with Crippen LogP contribution in [-0.4, -0.2) is 24.5 Å². The topological polar surface area (TPSA) is 69.6 Å². The molecule has 6 nitrogen and oxygen atoms in total. The van der Waals surface area contributed by atoms with Crippen molar-refractivity contribution in [2.45, 2.75) is 0 Å². The lowest BCUT2D eigenvalue weighted by molar-refractivity contribution is 0.654. The van der Waals surface area contributed by atoms with Gasteiger partial charge in [-0.05, 0) is 52.6 Å². The summed E-state index contributed by atoms with van der Waals surface area (Å²) in [5, 5.41) is 9.08. The fourth-order valence-electron chi connectivity index (χ4n) is 7.74. The van der Waals surface area contributed by atoms with E-state index >= 15 is 0 Å². The Balaban J connectivity index is 1.14. The third-order valence-corrected chi connectivity index (χ3v) is 10.1. The molecule has 52 heavy (non-hydrogen) atoms. The van der Waals surface area contributed by atoms with Crippen molar-refractivity contribution in [3.8, 4) is 40.0 Å². The standard InChI is InChI=1S/C46H27N5O/c1-2-13-29(14-3-1)43-48-44(50-45(49-43)37-26-25-35-33-16-7-9-23-41(33)52-46(35)47-37)34-20-10-19-32-31(34)18-11-22-38(32)51-39-21-8-6-17-36(39)42-30-15-5-4-12-28(30)24-27-40(42)51/h1-27H. The van der Waals surface area contributed by atoms with E-state index in [1.165, 1.54) is 27.1 Å². The number of pyridine rings is 1. The van der Waals surface area contributed by atoms with Crippen LogP contribution in [0, 0.1) is 0 Å². The molecule has 0 fully saturated rings. The van der Waals surface area contributed by atoms with Gasteiger partial charge in [0.15, 0.2) is 17.5 Å². The molecule has 0 bridgehead atoms. The Kier molecular flexibility index (Phi) is 6.15. The molecule has 0 N–H and O–H groups in total. The fourth-order valence-corrected chi connectivity index (χ4v) is 7.74. The average Bonchev–Trinajstić information content (AvgIpc) is 3.76. The van der Waals surface area contributed by atoms with E-state index in [0.29, 0.717) is 28.9 Å². The van der Waals surface area contributed by atoms with Crippen LogP contribution in [0.25, 0.3) is 105 Å². The van der Waals surface area contributed by atoms with Crippen molar-refractivity contribution in [1.29, 1.82) is 0 Å². The highest BCUT2D eigenvalue weighted by atomic mass is 16.3. The number of nitrogens with zero attached hydrogens (tertiary/aromatic N) is 5. The highest BCUT2D eigenvalue weighted by Gasteiger charge is 2.20. The van der Waals surface area contributed by atoms with Crippen LogP contribution in [0.3, 0.4) is 0 Å². The van der Waals surface area contributed by atoms with Gasteiger partial charge in [0.1, 0.15) is 11.3 Å². The minimum Gasteiger partial charge on any atom is -0.438 e. The molecule has 242 valence electrons. The van der Waals surface area contributed by atoms with Gasteiger partial charge >= 0.3 is 0 Å². The van der Waals surface area contributed by atoms with E-state index in [1.54, 1.807) is 0 Å². The molecule has 0 aliphatic rings. The first-order chi connectivity index (χ1) is 25.8. The van der Waals surface area contributed by atoms with Crippen LogP contribution in [0.2, 0.25) is 0 Å². The molecule has 11 aromatic rings. The molecule has 6 heteroatoms. The molecule has 0 saturated heterocycles. The third-order valence-electron chi connectivity index (χ3n) is 10.1. The molecule has 0 aliphatic carbocycles. The van der Waals surface area contributed by atoms with Crippen molar-refractivity contribution in [3.63, 3.8) is 0 Å². The number of aromatic nitrogens is 5. The quantitative estimate of drug-likeness (QED) is 0.187. The second-order valence-electron chi connectivity index (χ2n) is 13.0. The molecule has 0 amide bonds. The Morgan fingerprint density at radius 3 is 2.04 bits per heavy atom. The monoisotopic (exact) mass is 665 g/mol. The van der Waals surface area contributed by atoms with E-state index in [1.807, 2.05) is 66.7 Å². The van der Waals surface area contributed by atoms with Crippen molar-refractivity contribution >= 4 is 65.4 Å². The average molecular weight is 666 g/mol. The van der Waals surface area contributed by atoms with Crippen LogP contribution in [-0.2, 0) is 0 Å². The largest absolute Gasteiger partial charge is 0.438 e. The second-order valence-corrected chi connectivity index (χ2v) is 13.0. The molecule has 4 aromatic heterocycles. The molecule has 0 radical (unpaired) electrons. The SMILES string of the molecule is c1ccc(-c2nc(-c3ccc4c(n3)oc3ccccc34)nc(-c3cccc4c(-n5c6ccccc6c6c7ccccc7ccc65)cccc34)n2)cc1. The summed E-state index contributed by atoms with van der Waals surface area (Å²) < 4.78 is 8.54. The first kappa shape index (κ1) is 28.6. The number of para-hydroxylation sites is 2. The Labute approximate surface area is 297 Å². The minimum atomic E-state index is 0.480. The van der Waals surface area contributed by atoms with E-state index in [0.717, 1.165) is 49.5 Å². The van der Waals surface area contributed by atoms with E-state index in [9.17, 15) is 0 Å². The number of fused-ring (bicyclic) bond motifs is 9. The first-order valence-corrected chi connectivity index (χ1v) is 17.3. The molecule has 0 atom stereocenters. The number of hydrogen-bond donors (Lipinski definition) is 0. The zero-order valence-corrected chi connectivity index (χ0v) is 27.7. The van der Waals surface area contributed by atoms with E-state index < -0.39 is 0 Å². The molecule has 0 unspecified atom stereocenters. The lowest BCUT2D eigenvalue weighted by Crippen LogP contribution is -2.02. The summed E-state index contributed by atoms with van der Waals surface area (Å²) in [5.41, 5.74) is 7.20. The third kappa shape index (κ3) is 4.31. The number of hydrogen-bond acceptors (Lipinski definition) is 5. The number of rotatable bonds is 4. The lowest BCUT2D eigenvalue weighted by Gasteiger charge is -2.14. The van der Waals surface area contributed by atoms with Crippen LogP contribution >= 0.6 is 0 Å². The summed E-state index contributed by atoms with van der Waals surface area (Å²) in [7, 11) is 0. The van der Waals surface area contributed by atoms with Crippen LogP contribution in [0.1, 0.15) is 0 Å². The summed E-state index contributed by atoms with van der Waals surface area (Å²) in [6.45, 7) is 0. The number of furan rings is 1. The number of benzene rings is 7. The Hall–Kier alpha value is -7.18. The van der Waals surface area contributed by atoms with Gasteiger partial charge in [0, 0.05) is 38.1 Å². The summed E-state index contributed by atoms with van der Waals surface area (Å²) in [6, 6.07) is 56.6. The Morgan fingerprint density at radius 2 is 1.12 bits per heavy atom. The van der Waals surface area contributed by atoms with Gasteiger partial charge in [0.25, 0.3) is 0 Å². The van der Waals surface area contributed by atoms with Gasteiger partial charge in [-0.1, -0.05) is 127 Å². The first-order valence-electron chi connectivity index (χ1n) is 17.3. The van der Waals surface area contributed by atoms with E-state index in [2.05, 4.69) is 102 Å². The van der Waals surface area contributed by atoms with Crippen molar-refractivity contribution < 1.29 is 4.42 Å². The Bertz CT molecular complexity index is 3200. The van der Waals surface area contributed by atoms with Gasteiger partial charge in [-0.15, -0.1) is 0 Å². The van der Waals surface area contributed by atoms with Gasteiger partial charge < -0.3 is 8.98 Å². The maximum Gasteiger partial charge on any atom is 0.227 e. The molecule has 0 saturated carbocycles. The summed E-state index contributed by atoms with van der Waals surface area (Å²) >= 11 is 0. The normalized spacial score (nSPS) is 11.8. The summed E-state index contributed by atoms with van der Waals surface area (Å²) in [6.07, 6.45) is 0. The van der Waals surface area contributed by atoms with Crippen LogP contribution in [0.15, 0.2) is 168 Å². The van der Waals surface area contributed by atoms with Crippen LogP contribution in [0.5, 0.6) is 0 Å². The second kappa shape index (κ2) is 11.2. The molecule has 4 heterocycles. The van der Waals surface area contributed by atoms with Crippen LogP contribution < -0.4 is 0 Å². The van der Waals surface area contributed by atoms with Crippen molar-refractivity contribution in [2.75, 3.05) is 0 Å². The Morgan fingerprint density at radius 1 is 0.404 bits per heavy atom. The molecule has 0 spiro atoms. The predicted octanol–water partition coefficient (Wildman–Crippen LogP) is 11.6. The van der Waals surface area contributed by atoms with E-state index in [4.69, 9.17) is 24.4 Å². The van der Waals surface area contributed by atoms with Gasteiger partial charge in [0.2, 0.25) is 5.71 Å². The lowest BCUT2D eigenvalue weighted by atomic mass is 10.0. The van der Waals surface area contributed by atoms with Gasteiger partial charge in [0.05, 0.1) is 16.7 Å². The highest BCUT2D eigenvalue weighted by molar-refractivity contribution is 6.22. The van der Waals surface area contributed by atoms with Crippen molar-refractivity contribution in [1.82, 2.24) is 24.5 Å². The smallest absolute Gasteiger partial charge is 0.227 e. The van der Waals surface area contributed by atoms with Crippen molar-refractivity contribution in [3.05, 3.63) is 164 Å². The fraction of sp³-hybridized carbons (Fsp3) is 0. The highest BCUT2D eigenvalue weighted by Crippen LogP contribution is 2.40. The van der Waals surface area contributed by atoms with Gasteiger partial charge in [-0.2, -0.15) is 0 Å². The maximum absolute atomic E-state index is 6.15. The molecule has 11 rings (SSSR count). The van der Waals surface area contributed by atoms with Gasteiger partial charge in [-0.3, -0.25) is 0 Å². The molecule has 7 aromatic carbocycles.